The van der Waals surface area contributed by atoms with Crippen molar-refractivity contribution in [3.8, 4) is 11.5 Å². The number of benzene rings is 3. The molecule has 0 spiro atoms. The summed E-state index contributed by atoms with van der Waals surface area (Å²) in [4.78, 5) is 15.3. The average molecular weight is 437 g/mol. The molecule has 0 atom stereocenters. The van der Waals surface area contributed by atoms with Gasteiger partial charge in [0.05, 0.1) is 18.2 Å². The standard InChI is InChI=1S/C24H18F3N3O2/c25-24(26,27)18-6-4-8-20(13-18)32-19-7-3-5-16(11-19)14-29-30-23(31)12-17-15-28-22-10-2-1-9-21(17)22/h1-11,13-15,28H,12H2,(H,30,31)/b29-14+. The van der Waals surface area contributed by atoms with Crippen molar-refractivity contribution in [2.45, 2.75) is 12.6 Å². The molecule has 0 aliphatic rings. The number of hydrogen-bond acceptors (Lipinski definition) is 3. The van der Waals surface area contributed by atoms with E-state index in [2.05, 4.69) is 15.5 Å². The highest BCUT2D eigenvalue weighted by Crippen LogP contribution is 2.32. The molecule has 0 bridgehead atoms. The highest BCUT2D eigenvalue weighted by atomic mass is 19.4. The van der Waals surface area contributed by atoms with Crippen molar-refractivity contribution < 1.29 is 22.7 Å². The van der Waals surface area contributed by atoms with Crippen molar-refractivity contribution in [1.29, 1.82) is 0 Å². The lowest BCUT2D eigenvalue weighted by atomic mass is 10.1. The van der Waals surface area contributed by atoms with Gasteiger partial charge in [0.25, 0.3) is 0 Å². The zero-order chi connectivity index (χ0) is 22.6. The molecule has 0 fully saturated rings. The van der Waals surface area contributed by atoms with Crippen LogP contribution in [0.5, 0.6) is 11.5 Å². The van der Waals surface area contributed by atoms with E-state index >= 15 is 0 Å². The van der Waals surface area contributed by atoms with Gasteiger partial charge in [0, 0.05) is 17.1 Å². The minimum atomic E-state index is -4.45. The first-order chi connectivity index (χ1) is 15.4. The minimum absolute atomic E-state index is 0.0703. The summed E-state index contributed by atoms with van der Waals surface area (Å²) in [6, 6.07) is 19.0. The van der Waals surface area contributed by atoms with Crippen LogP contribution in [0.25, 0.3) is 10.9 Å². The van der Waals surface area contributed by atoms with E-state index < -0.39 is 11.7 Å². The first-order valence-corrected chi connectivity index (χ1v) is 9.70. The van der Waals surface area contributed by atoms with Crippen LogP contribution in [-0.4, -0.2) is 17.1 Å². The molecule has 0 unspecified atom stereocenters. The highest BCUT2D eigenvalue weighted by Gasteiger charge is 2.30. The van der Waals surface area contributed by atoms with E-state index in [-0.39, 0.29) is 18.1 Å². The SMILES string of the molecule is O=C(Cc1c[nH]c2ccccc12)N/N=C/c1cccc(Oc2cccc(C(F)(F)F)c2)c1. The van der Waals surface area contributed by atoms with E-state index in [1.165, 1.54) is 18.3 Å². The number of aromatic amines is 1. The second kappa shape index (κ2) is 8.97. The van der Waals surface area contributed by atoms with E-state index in [1.54, 1.807) is 30.5 Å². The smallest absolute Gasteiger partial charge is 0.416 e. The Balaban J connectivity index is 1.38. The molecule has 2 N–H and O–H groups in total. The maximum atomic E-state index is 12.9. The number of aromatic nitrogens is 1. The Labute approximate surface area is 181 Å². The van der Waals surface area contributed by atoms with Gasteiger partial charge >= 0.3 is 6.18 Å². The Morgan fingerprint density at radius 1 is 1.00 bits per heavy atom. The molecule has 4 aromatic rings. The molecule has 1 heterocycles. The van der Waals surface area contributed by atoms with Crippen molar-refractivity contribution in [3.05, 3.63) is 95.7 Å². The number of para-hydroxylation sites is 1. The Kier molecular flexibility index (Phi) is 5.93. The molecule has 3 aromatic carbocycles. The van der Waals surface area contributed by atoms with Crippen molar-refractivity contribution in [1.82, 2.24) is 10.4 Å². The zero-order valence-electron chi connectivity index (χ0n) is 16.7. The summed E-state index contributed by atoms with van der Waals surface area (Å²) < 4.78 is 44.1. The van der Waals surface area contributed by atoms with Gasteiger partial charge in [-0.15, -0.1) is 0 Å². The van der Waals surface area contributed by atoms with Gasteiger partial charge in [-0.05, 0) is 47.5 Å². The van der Waals surface area contributed by atoms with Crippen molar-refractivity contribution in [3.63, 3.8) is 0 Å². The highest BCUT2D eigenvalue weighted by molar-refractivity contribution is 5.89. The van der Waals surface area contributed by atoms with Gasteiger partial charge < -0.3 is 9.72 Å². The molecule has 5 nitrogen and oxygen atoms in total. The number of nitrogens with zero attached hydrogens (tertiary/aromatic N) is 1. The van der Waals surface area contributed by atoms with E-state index in [4.69, 9.17) is 4.74 Å². The minimum Gasteiger partial charge on any atom is -0.457 e. The Bertz CT molecular complexity index is 1280. The third kappa shape index (κ3) is 5.15. The second-order valence-electron chi connectivity index (χ2n) is 7.03. The molecular formula is C24H18F3N3O2. The van der Waals surface area contributed by atoms with Gasteiger partial charge in [-0.3, -0.25) is 4.79 Å². The molecule has 1 aromatic heterocycles. The number of hydrogen-bond donors (Lipinski definition) is 2. The number of carbonyl (C=O) groups is 1. The van der Waals surface area contributed by atoms with Crippen molar-refractivity contribution in [2.75, 3.05) is 0 Å². The monoisotopic (exact) mass is 437 g/mol. The summed E-state index contributed by atoms with van der Waals surface area (Å²) in [7, 11) is 0. The molecule has 0 saturated carbocycles. The topological polar surface area (TPSA) is 66.5 Å². The van der Waals surface area contributed by atoms with Crippen LogP contribution in [0.4, 0.5) is 13.2 Å². The van der Waals surface area contributed by atoms with E-state index in [1.807, 2.05) is 24.3 Å². The van der Waals surface area contributed by atoms with Crippen LogP contribution in [0.1, 0.15) is 16.7 Å². The number of halogens is 3. The molecule has 4 rings (SSSR count). The maximum absolute atomic E-state index is 12.9. The zero-order valence-corrected chi connectivity index (χ0v) is 16.7. The fraction of sp³-hybridized carbons (Fsp3) is 0.0833. The third-order valence-electron chi connectivity index (χ3n) is 4.68. The van der Waals surface area contributed by atoms with Gasteiger partial charge in [0.2, 0.25) is 5.91 Å². The number of nitrogens with one attached hydrogen (secondary N) is 2. The first-order valence-electron chi connectivity index (χ1n) is 9.70. The number of alkyl halides is 3. The lowest BCUT2D eigenvalue weighted by molar-refractivity contribution is -0.137. The number of H-pyrrole nitrogens is 1. The lowest BCUT2D eigenvalue weighted by Gasteiger charge is -2.10. The van der Waals surface area contributed by atoms with Crippen LogP contribution in [0.2, 0.25) is 0 Å². The number of hydrazone groups is 1. The van der Waals surface area contributed by atoms with Gasteiger partial charge in [-0.25, -0.2) is 5.43 Å². The van der Waals surface area contributed by atoms with Crippen LogP contribution < -0.4 is 10.2 Å². The average Bonchev–Trinajstić information content (AvgIpc) is 3.16. The molecule has 0 aliphatic carbocycles. The molecular weight excluding hydrogens is 419 g/mol. The fourth-order valence-electron chi connectivity index (χ4n) is 3.20. The third-order valence-corrected chi connectivity index (χ3v) is 4.68. The van der Waals surface area contributed by atoms with Crippen LogP contribution in [-0.2, 0) is 17.4 Å². The van der Waals surface area contributed by atoms with E-state index in [9.17, 15) is 18.0 Å². The van der Waals surface area contributed by atoms with Gasteiger partial charge in [-0.1, -0.05) is 36.4 Å². The summed E-state index contributed by atoms with van der Waals surface area (Å²) in [5.74, 6) is 0.140. The molecule has 0 radical (unpaired) electrons. The number of ether oxygens (including phenoxy) is 1. The number of carbonyl (C=O) groups excluding carboxylic acids is 1. The predicted molar refractivity (Wildman–Crippen MR) is 116 cm³/mol. The summed E-state index contributed by atoms with van der Waals surface area (Å²) in [5, 5.41) is 4.94. The first kappa shape index (κ1) is 21.2. The maximum Gasteiger partial charge on any atom is 0.416 e. The van der Waals surface area contributed by atoms with Crippen LogP contribution >= 0.6 is 0 Å². The number of amides is 1. The number of fused-ring (bicyclic) bond motifs is 1. The van der Waals surface area contributed by atoms with Gasteiger partial charge in [-0.2, -0.15) is 18.3 Å². The van der Waals surface area contributed by atoms with E-state index in [0.29, 0.717) is 11.3 Å². The van der Waals surface area contributed by atoms with Gasteiger partial charge in [0.15, 0.2) is 0 Å². The van der Waals surface area contributed by atoms with Crippen LogP contribution in [0.15, 0.2) is 84.1 Å². The molecule has 0 saturated heterocycles. The quantitative estimate of drug-likeness (QED) is 0.301. The summed E-state index contributed by atoms with van der Waals surface area (Å²) >= 11 is 0. The van der Waals surface area contributed by atoms with Gasteiger partial charge in [0.1, 0.15) is 11.5 Å². The second-order valence-corrected chi connectivity index (χ2v) is 7.03. The Morgan fingerprint density at radius 2 is 1.75 bits per heavy atom. The number of rotatable bonds is 6. The molecule has 0 aliphatic heterocycles. The van der Waals surface area contributed by atoms with Crippen LogP contribution in [0, 0.1) is 0 Å². The summed E-state index contributed by atoms with van der Waals surface area (Å²) in [6.45, 7) is 0. The fourth-order valence-corrected chi connectivity index (χ4v) is 3.20. The molecule has 8 heteroatoms. The summed E-state index contributed by atoms with van der Waals surface area (Å²) in [6.07, 6.45) is -1.05. The molecule has 162 valence electrons. The largest absolute Gasteiger partial charge is 0.457 e. The Morgan fingerprint density at radius 3 is 2.56 bits per heavy atom. The lowest BCUT2D eigenvalue weighted by Crippen LogP contribution is -2.19. The van der Waals surface area contributed by atoms with Crippen molar-refractivity contribution in [2.24, 2.45) is 5.10 Å². The predicted octanol–water partition coefficient (Wildman–Crippen LogP) is 5.67. The molecule has 32 heavy (non-hydrogen) atoms. The summed E-state index contributed by atoms with van der Waals surface area (Å²) in [5.41, 5.74) is 4.13. The van der Waals surface area contributed by atoms with E-state index in [0.717, 1.165) is 28.6 Å². The normalized spacial score (nSPS) is 11.7. The Hall–Kier alpha value is -4.07. The van der Waals surface area contributed by atoms with Crippen molar-refractivity contribution >= 4 is 23.0 Å². The van der Waals surface area contributed by atoms with Crippen LogP contribution in [0.3, 0.4) is 0 Å². The molecule has 1 amide bonds.